The van der Waals surface area contributed by atoms with Crippen molar-refractivity contribution in [3.05, 3.63) is 0 Å². The van der Waals surface area contributed by atoms with Crippen molar-refractivity contribution in [2.45, 2.75) is 77.8 Å². The van der Waals surface area contributed by atoms with E-state index in [4.69, 9.17) is 0 Å². The zero-order valence-electron chi connectivity index (χ0n) is 10.7. The van der Waals surface area contributed by atoms with Gasteiger partial charge in [0.15, 0.2) is 0 Å². The molecule has 3 rings (SSSR count). The third-order valence-electron chi connectivity index (χ3n) is 4.38. The lowest BCUT2D eigenvalue weighted by Gasteiger charge is -2.41. The van der Waals surface area contributed by atoms with E-state index in [-0.39, 0.29) is 0 Å². The summed E-state index contributed by atoms with van der Waals surface area (Å²) in [5.41, 5.74) is 0.436. The Morgan fingerprint density at radius 2 is 1.53 bits per heavy atom. The second kappa shape index (κ2) is 4.45. The molecule has 1 atom stereocenters. The van der Waals surface area contributed by atoms with Gasteiger partial charge in [0.25, 0.3) is 0 Å². The molecule has 2 bridgehead atoms. The standard InChI is InChI=1S/C14H27N/c1-14(2,3)13-10-11-6-4-8-12(15-13)9-5-7-11/h11-13,15H,4-10H2,1-3H3. The average Bonchev–Trinajstić information content (AvgIpc) is 1.95. The molecule has 1 saturated carbocycles. The number of rotatable bonds is 0. The molecule has 1 unspecified atom stereocenters. The fourth-order valence-electron chi connectivity index (χ4n) is 3.29. The van der Waals surface area contributed by atoms with E-state index in [1.54, 1.807) is 0 Å². The lowest BCUT2D eigenvalue weighted by molar-refractivity contribution is 0.153. The summed E-state index contributed by atoms with van der Waals surface area (Å²) in [5.74, 6) is 1.00. The molecule has 1 N–H and O–H groups in total. The number of hydrogen-bond donors (Lipinski definition) is 1. The lowest BCUT2D eigenvalue weighted by atomic mass is 9.75. The van der Waals surface area contributed by atoms with Crippen LogP contribution in [0.4, 0.5) is 0 Å². The van der Waals surface area contributed by atoms with Gasteiger partial charge in [-0.1, -0.05) is 46.5 Å². The molecule has 0 aromatic rings. The van der Waals surface area contributed by atoms with E-state index in [2.05, 4.69) is 26.1 Å². The van der Waals surface area contributed by atoms with Crippen LogP contribution in [0.1, 0.15) is 65.7 Å². The summed E-state index contributed by atoms with van der Waals surface area (Å²) in [4.78, 5) is 0. The molecule has 0 aromatic heterocycles. The van der Waals surface area contributed by atoms with Gasteiger partial charge in [-0.2, -0.15) is 0 Å². The molecule has 1 heteroatoms. The zero-order valence-corrected chi connectivity index (χ0v) is 10.7. The van der Waals surface area contributed by atoms with Gasteiger partial charge in [0, 0.05) is 12.1 Å². The summed E-state index contributed by atoms with van der Waals surface area (Å²) in [6.07, 6.45) is 10.2. The van der Waals surface area contributed by atoms with Gasteiger partial charge < -0.3 is 5.32 Å². The quantitative estimate of drug-likeness (QED) is 0.641. The summed E-state index contributed by atoms with van der Waals surface area (Å²) in [6.45, 7) is 7.17. The van der Waals surface area contributed by atoms with Crippen molar-refractivity contribution in [3.63, 3.8) is 0 Å². The SMILES string of the molecule is CC(C)(C)C1CC2CCCC(CCC2)N1. The van der Waals surface area contributed by atoms with Crippen LogP contribution in [-0.2, 0) is 0 Å². The molecule has 1 aliphatic carbocycles. The topological polar surface area (TPSA) is 12.0 Å². The highest BCUT2D eigenvalue weighted by Crippen LogP contribution is 2.35. The van der Waals surface area contributed by atoms with Crippen molar-refractivity contribution in [2.24, 2.45) is 11.3 Å². The number of fused-ring (bicyclic) bond motifs is 6. The fourth-order valence-corrected chi connectivity index (χ4v) is 3.29. The first-order valence-corrected chi connectivity index (χ1v) is 6.82. The van der Waals surface area contributed by atoms with Gasteiger partial charge in [0.2, 0.25) is 0 Å². The van der Waals surface area contributed by atoms with E-state index in [1.165, 1.54) is 44.9 Å². The third kappa shape index (κ3) is 2.96. The smallest absolute Gasteiger partial charge is 0.0121 e. The molecule has 2 heterocycles. The summed E-state index contributed by atoms with van der Waals surface area (Å²) in [6, 6.07) is 1.56. The van der Waals surface area contributed by atoms with Crippen molar-refractivity contribution >= 4 is 0 Å². The third-order valence-corrected chi connectivity index (χ3v) is 4.38. The Hall–Kier alpha value is -0.0400. The van der Waals surface area contributed by atoms with Gasteiger partial charge in [0.05, 0.1) is 0 Å². The zero-order chi connectivity index (χ0) is 10.9. The van der Waals surface area contributed by atoms with Crippen molar-refractivity contribution in [2.75, 3.05) is 0 Å². The maximum atomic E-state index is 3.93. The van der Waals surface area contributed by atoms with E-state index in [9.17, 15) is 0 Å². The Labute approximate surface area is 95.0 Å². The minimum absolute atomic E-state index is 0.436. The molecular formula is C14H27N. The van der Waals surface area contributed by atoms with Crippen LogP contribution in [0.3, 0.4) is 0 Å². The predicted molar refractivity (Wildman–Crippen MR) is 66.0 cm³/mol. The van der Waals surface area contributed by atoms with Gasteiger partial charge in [-0.15, -0.1) is 0 Å². The first kappa shape index (κ1) is 11.4. The maximum Gasteiger partial charge on any atom is 0.0121 e. The molecule has 3 fully saturated rings. The van der Waals surface area contributed by atoms with Crippen LogP contribution in [0.25, 0.3) is 0 Å². The highest BCUT2D eigenvalue weighted by molar-refractivity contribution is 4.89. The number of nitrogens with one attached hydrogen (secondary N) is 1. The van der Waals surface area contributed by atoms with Crippen LogP contribution < -0.4 is 5.32 Å². The van der Waals surface area contributed by atoms with E-state index < -0.39 is 0 Å². The largest absolute Gasteiger partial charge is 0.311 e. The molecule has 0 spiro atoms. The van der Waals surface area contributed by atoms with Gasteiger partial charge >= 0.3 is 0 Å². The Kier molecular flexibility index (Phi) is 3.39. The maximum absolute atomic E-state index is 3.93. The van der Waals surface area contributed by atoms with Gasteiger partial charge in [-0.3, -0.25) is 0 Å². The van der Waals surface area contributed by atoms with E-state index in [0.717, 1.165) is 18.0 Å². The molecule has 0 aromatic carbocycles. The van der Waals surface area contributed by atoms with Crippen LogP contribution in [0.2, 0.25) is 0 Å². The first-order valence-electron chi connectivity index (χ1n) is 6.82. The van der Waals surface area contributed by atoms with Gasteiger partial charge in [0.1, 0.15) is 0 Å². The van der Waals surface area contributed by atoms with Crippen LogP contribution in [0.15, 0.2) is 0 Å². The summed E-state index contributed by atoms with van der Waals surface area (Å²) in [7, 11) is 0. The highest BCUT2D eigenvalue weighted by Gasteiger charge is 2.32. The van der Waals surface area contributed by atoms with Crippen molar-refractivity contribution < 1.29 is 0 Å². The molecule has 3 aliphatic rings. The monoisotopic (exact) mass is 209 g/mol. The van der Waals surface area contributed by atoms with Crippen LogP contribution >= 0.6 is 0 Å². The summed E-state index contributed by atoms with van der Waals surface area (Å²) < 4.78 is 0. The second-order valence-corrected chi connectivity index (χ2v) is 6.75. The molecule has 88 valence electrons. The normalized spacial score (nSPS) is 38.2. The summed E-state index contributed by atoms with van der Waals surface area (Å²) in [5, 5.41) is 3.93. The van der Waals surface area contributed by atoms with Crippen molar-refractivity contribution in [1.29, 1.82) is 0 Å². The van der Waals surface area contributed by atoms with Crippen molar-refractivity contribution in [1.82, 2.24) is 5.32 Å². The molecule has 2 saturated heterocycles. The molecule has 0 amide bonds. The Morgan fingerprint density at radius 3 is 2.07 bits per heavy atom. The van der Waals surface area contributed by atoms with Gasteiger partial charge in [-0.05, 0) is 30.6 Å². The van der Waals surface area contributed by atoms with Gasteiger partial charge in [-0.25, -0.2) is 0 Å². The minimum Gasteiger partial charge on any atom is -0.311 e. The molecule has 1 nitrogen and oxygen atoms in total. The minimum atomic E-state index is 0.436. The second-order valence-electron chi connectivity index (χ2n) is 6.75. The Morgan fingerprint density at radius 1 is 0.933 bits per heavy atom. The lowest BCUT2D eigenvalue weighted by Crippen LogP contribution is -2.49. The molecular weight excluding hydrogens is 182 g/mol. The predicted octanol–water partition coefficient (Wildman–Crippen LogP) is 3.73. The molecule has 0 radical (unpaired) electrons. The van der Waals surface area contributed by atoms with Crippen molar-refractivity contribution in [3.8, 4) is 0 Å². The Balaban J connectivity index is 2.08. The molecule has 15 heavy (non-hydrogen) atoms. The van der Waals surface area contributed by atoms with Crippen LogP contribution in [0.5, 0.6) is 0 Å². The average molecular weight is 209 g/mol. The molecule has 2 aliphatic heterocycles. The van der Waals surface area contributed by atoms with E-state index >= 15 is 0 Å². The number of hydrogen-bond acceptors (Lipinski definition) is 1. The fraction of sp³-hybridized carbons (Fsp3) is 1.00. The van der Waals surface area contributed by atoms with Crippen LogP contribution in [0, 0.1) is 11.3 Å². The van der Waals surface area contributed by atoms with E-state index in [0.29, 0.717) is 5.41 Å². The first-order chi connectivity index (χ1) is 7.05. The highest BCUT2D eigenvalue weighted by atomic mass is 15.0. The Bertz CT molecular complexity index is 180. The van der Waals surface area contributed by atoms with E-state index in [1.807, 2.05) is 0 Å². The van der Waals surface area contributed by atoms with Crippen LogP contribution in [-0.4, -0.2) is 12.1 Å². The summed E-state index contributed by atoms with van der Waals surface area (Å²) >= 11 is 0.